The van der Waals surface area contributed by atoms with Crippen molar-refractivity contribution >= 4 is 15.7 Å². The minimum Gasteiger partial charge on any atom is -0.399 e. The van der Waals surface area contributed by atoms with Gasteiger partial charge in [-0.05, 0) is 61.5 Å². The zero-order valence-corrected chi connectivity index (χ0v) is 17.7. The summed E-state index contributed by atoms with van der Waals surface area (Å²) in [5, 5.41) is 11.0. The van der Waals surface area contributed by atoms with Crippen LogP contribution in [0.1, 0.15) is 30.1 Å². The number of aliphatic hydroxyl groups is 1. The number of nitrogens with two attached hydrogens (primary N) is 1. The third-order valence-electron chi connectivity index (χ3n) is 5.68. The molecule has 0 saturated carbocycles. The molecule has 0 aromatic heterocycles. The van der Waals surface area contributed by atoms with Crippen molar-refractivity contribution in [3.05, 3.63) is 65.7 Å². The number of piperidine rings is 1. The van der Waals surface area contributed by atoms with E-state index in [0.29, 0.717) is 11.6 Å². The third-order valence-corrected chi connectivity index (χ3v) is 6.37. The van der Waals surface area contributed by atoms with E-state index in [9.17, 15) is 13.5 Å². The molecule has 1 saturated heterocycles. The Kier molecular flexibility index (Phi) is 7.29. The number of rotatable bonds is 8. The molecule has 2 aromatic rings. The van der Waals surface area contributed by atoms with Crippen molar-refractivity contribution in [3.63, 3.8) is 0 Å². The average molecular weight is 418 g/mol. The summed E-state index contributed by atoms with van der Waals surface area (Å²) in [6, 6.07) is 17.3. The maximum atomic E-state index is 11.6. The van der Waals surface area contributed by atoms with Crippen molar-refractivity contribution in [1.82, 2.24) is 9.62 Å². The smallest absolute Gasteiger partial charge is 0.208 e. The van der Waals surface area contributed by atoms with Crippen LogP contribution < -0.4 is 10.5 Å². The van der Waals surface area contributed by atoms with Gasteiger partial charge in [-0.1, -0.05) is 42.5 Å². The molecule has 1 heterocycles. The van der Waals surface area contributed by atoms with E-state index in [4.69, 9.17) is 5.73 Å². The Labute approximate surface area is 173 Å². The summed E-state index contributed by atoms with van der Waals surface area (Å²) in [5.74, 6) is 0.603. The van der Waals surface area contributed by atoms with Gasteiger partial charge in [0.1, 0.15) is 0 Å². The Morgan fingerprint density at radius 1 is 1.10 bits per heavy atom. The van der Waals surface area contributed by atoms with Gasteiger partial charge in [-0.25, -0.2) is 13.1 Å². The number of nitrogens with zero attached hydrogens (tertiary/aromatic N) is 1. The molecule has 1 aliphatic heterocycles. The van der Waals surface area contributed by atoms with Gasteiger partial charge in [0.05, 0.1) is 18.4 Å². The van der Waals surface area contributed by atoms with Crippen LogP contribution in [-0.2, 0) is 16.4 Å². The second-order valence-electron chi connectivity index (χ2n) is 7.97. The number of nitrogens with one attached hydrogen (secondary N) is 1. The van der Waals surface area contributed by atoms with Crippen LogP contribution in [0.2, 0.25) is 0 Å². The molecule has 4 N–H and O–H groups in total. The summed E-state index contributed by atoms with van der Waals surface area (Å²) in [6.07, 6.45) is 3.46. The first-order valence-electron chi connectivity index (χ1n) is 10.1. The fraction of sp³-hybridized carbons (Fsp3) is 0.455. The van der Waals surface area contributed by atoms with Gasteiger partial charge in [-0.15, -0.1) is 0 Å². The Bertz CT molecular complexity index is 864. The molecule has 0 aliphatic carbocycles. The lowest BCUT2D eigenvalue weighted by Crippen LogP contribution is -2.50. The first kappa shape index (κ1) is 21.8. The van der Waals surface area contributed by atoms with Gasteiger partial charge in [0.25, 0.3) is 0 Å². The Morgan fingerprint density at radius 3 is 2.31 bits per heavy atom. The Hall–Kier alpha value is -1.93. The van der Waals surface area contributed by atoms with Crippen LogP contribution in [0.3, 0.4) is 0 Å². The van der Waals surface area contributed by atoms with Gasteiger partial charge in [0.2, 0.25) is 10.0 Å². The quantitative estimate of drug-likeness (QED) is 0.572. The van der Waals surface area contributed by atoms with Crippen LogP contribution in [0.5, 0.6) is 0 Å². The van der Waals surface area contributed by atoms with Crippen LogP contribution in [0.4, 0.5) is 5.69 Å². The predicted octanol–water partition coefficient (Wildman–Crippen LogP) is 2.17. The van der Waals surface area contributed by atoms with E-state index >= 15 is 0 Å². The predicted molar refractivity (Wildman–Crippen MR) is 117 cm³/mol. The molecule has 3 rings (SSSR count). The minimum absolute atomic E-state index is 0.174. The van der Waals surface area contributed by atoms with Gasteiger partial charge in [0, 0.05) is 12.2 Å². The highest BCUT2D eigenvalue weighted by molar-refractivity contribution is 7.88. The van der Waals surface area contributed by atoms with Crippen LogP contribution >= 0.6 is 0 Å². The summed E-state index contributed by atoms with van der Waals surface area (Å²) >= 11 is 0. The number of nitrogen functional groups attached to an aromatic ring is 1. The van der Waals surface area contributed by atoms with Crippen molar-refractivity contribution in [3.8, 4) is 0 Å². The molecular formula is C22H31N3O3S. The lowest BCUT2D eigenvalue weighted by atomic mass is 9.88. The highest BCUT2D eigenvalue weighted by atomic mass is 32.2. The molecular weight excluding hydrogens is 386 g/mol. The summed E-state index contributed by atoms with van der Waals surface area (Å²) in [7, 11) is -3.34. The Morgan fingerprint density at radius 2 is 1.72 bits per heavy atom. The number of hydrogen-bond donors (Lipinski definition) is 3. The molecule has 29 heavy (non-hydrogen) atoms. The first-order valence-corrected chi connectivity index (χ1v) is 12.0. The SMILES string of the molecule is CS(=O)(=O)NCC(C(O)c1ccc(N)cc1)N1CCC(Cc2ccccc2)CC1. The van der Waals surface area contributed by atoms with E-state index in [1.807, 2.05) is 6.07 Å². The summed E-state index contributed by atoms with van der Waals surface area (Å²) < 4.78 is 25.9. The number of hydrogen-bond acceptors (Lipinski definition) is 5. The number of sulfonamides is 1. The monoisotopic (exact) mass is 417 g/mol. The van der Waals surface area contributed by atoms with Crippen LogP contribution in [-0.4, -0.2) is 50.4 Å². The zero-order chi connectivity index (χ0) is 20.9. The number of aliphatic hydroxyl groups excluding tert-OH is 1. The standard InChI is InChI=1S/C22H31N3O3S/c1-29(27,28)24-16-21(22(26)19-7-9-20(23)10-8-19)25-13-11-18(12-14-25)15-17-5-3-2-4-6-17/h2-10,18,21-22,24,26H,11-16,23H2,1H3. The van der Waals surface area contributed by atoms with E-state index in [1.54, 1.807) is 24.3 Å². The third kappa shape index (κ3) is 6.54. The van der Waals surface area contributed by atoms with Crippen molar-refractivity contribution in [2.75, 3.05) is 31.6 Å². The molecule has 0 spiro atoms. The molecule has 2 atom stereocenters. The van der Waals surface area contributed by atoms with Gasteiger partial charge in [0.15, 0.2) is 0 Å². The highest BCUT2D eigenvalue weighted by Crippen LogP contribution is 2.28. The molecule has 2 aromatic carbocycles. The van der Waals surface area contributed by atoms with E-state index < -0.39 is 16.1 Å². The van der Waals surface area contributed by atoms with Gasteiger partial charge < -0.3 is 10.8 Å². The largest absolute Gasteiger partial charge is 0.399 e. The molecule has 1 fully saturated rings. The van der Waals surface area contributed by atoms with E-state index in [2.05, 4.69) is 33.9 Å². The van der Waals surface area contributed by atoms with Gasteiger partial charge >= 0.3 is 0 Å². The fourth-order valence-corrected chi connectivity index (χ4v) is 4.50. The molecule has 0 bridgehead atoms. The normalized spacial score (nSPS) is 18.4. The molecule has 7 heteroatoms. The average Bonchev–Trinajstić information content (AvgIpc) is 2.70. The fourth-order valence-electron chi connectivity index (χ4n) is 4.03. The summed E-state index contributed by atoms with van der Waals surface area (Å²) in [4.78, 5) is 2.21. The number of likely N-dealkylation sites (tertiary alicyclic amines) is 1. The topological polar surface area (TPSA) is 95.7 Å². The van der Waals surface area contributed by atoms with E-state index in [0.717, 1.165) is 44.2 Å². The summed E-state index contributed by atoms with van der Waals surface area (Å²) in [6.45, 7) is 1.84. The van der Waals surface area contributed by atoms with Crippen LogP contribution in [0, 0.1) is 5.92 Å². The second kappa shape index (κ2) is 9.71. The second-order valence-corrected chi connectivity index (χ2v) is 9.80. The first-order chi connectivity index (χ1) is 13.8. The Balaban J connectivity index is 1.66. The molecule has 6 nitrogen and oxygen atoms in total. The molecule has 158 valence electrons. The van der Waals surface area contributed by atoms with Gasteiger partial charge in [-0.2, -0.15) is 0 Å². The van der Waals surface area contributed by atoms with Crippen molar-refractivity contribution in [1.29, 1.82) is 0 Å². The maximum Gasteiger partial charge on any atom is 0.208 e. The van der Waals surface area contributed by atoms with E-state index in [-0.39, 0.29) is 12.6 Å². The van der Waals surface area contributed by atoms with Crippen LogP contribution in [0.25, 0.3) is 0 Å². The van der Waals surface area contributed by atoms with Crippen molar-refractivity contribution in [2.24, 2.45) is 5.92 Å². The molecule has 0 radical (unpaired) electrons. The summed E-state index contributed by atoms with van der Waals surface area (Å²) in [5.41, 5.74) is 8.48. The molecule has 1 aliphatic rings. The maximum absolute atomic E-state index is 11.6. The van der Waals surface area contributed by atoms with Gasteiger partial charge in [-0.3, -0.25) is 4.90 Å². The number of anilines is 1. The zero-order valence-electron chi connectivity index (χ0n) is 16.9. The number of benzene rings is 2. The van der Waals surface area contributed by atoms with Crippen LogP contribution in [0.15, 0.2) is 54.6 Å². The lowest BCUT2D eigenvalue weighted by Gasteiger charge is -2.40. The molecule has 0 amide bonds. The lowest BCUT2D eigenvalue weighted by molar-refractivity contribution is 0.0306. The van der Waals surface area contributed by atoms with E-state index in [1.165, 1.54) is 5.56 Å². The highest BCUT2D eigenvalue weighted by Gasteiger charge is 2.31. The van der Waals surface area contributed by atoms with Crippen molar-refractivity contribution in [2.45, 2.75) is 31.4 Å². The van der Waals surface area contributed by atoms with Crippen molar-refractivity contribution < 1.29 is 13.5 Å². The minimum atomic E-state index is -3.34. The molecule has 2 unspecified atom stereocenters.